The molecule has 0 atom stereocenters. The first-order chi connectivity index (χ1) is 16.3. The van der Waals surface area contributed by atoms with E-state index >= 15 is 0 Å². The summed E-state index contributed by atoms with van der Waals surface area (Å²) < 4.78 is 0. The van der Waals surface area contributed by atoms with Crippen LogP contribution < -0.4 is 0 Å². The normalized spacial score (nSPS) is 11.2. The molecule has 33 heavy (non-hydrogen) atoms. The third-order valence-corrected chi connectivity index (χ3v) is 6.15. The molecule has 0 amide bonds. The van der Waals surface area contributed by atoms with Gasteiger partial charge in [0.05, 0.1) is 11.2 Å². The van der Waals surface area contributed by atoms with Gasteiger partial charge in [0.15, 0.2) is 0 Å². The van der Waals surface area contributed by atoms with Gasteiger partial charge in [-0.25, -0.2) is 9.97 Å². The molecule has 0 spiro atoms. The van der Waals surface area contributed by atoms with Crippen molar-refractivity contribution in [3.8, 4) is 33.5 Å². The molecule has 6 aromatic rings. The molecule has 0 saturated carbocycles. The van der Waals surface area contributed by atoms with Crippen molar-refractivity contribution in [2.45, 2.75) is 6.92 Å². The van der Waals surface area contributed by atoms with Crippen molar-refractivity contribution in [2.75, 3.05) is 0 Å². The van der Waals surface area contributed by atoms with Crippen molar-refractivity contribution in [3.05, 3.63) is 121 Å². The van der Waals surface area contributed by atoms with Crippen molar-refractivity contribution in [1.29, 1.82) is 0 Å². The average Bonchev–Trinajstić information content (AvgIpc) is 2.89. The molecule has 0 aliphatic carbocycles. The van der Waals surface area contributed by atoms with E-state index in [1.807, 2.05) is 13.0 Å². The molecule has 6 rings (SSSR count). The molecule has 0 fully saturated rings. The Morgan fingerprint density at radius 2 is 1.06 bits per heavy atom. The lowest BCUT2D eigenvalue weighted by Gasteiger charge is -2.14. The topological polar surface area (TPSA) is 25.8 Å². The van der Waals surface area contributed by atoms with Crippen LogP contribution in [0.1, 0.15) is 5.82 Å². The van der Waals surface area contributed by atoms with E-state index in [0.717, 1.165) is 33.4 Å². The van der Waals surface area contributed by atoms with E-state index in [0.29, 0.717) is 0 Å². The second-order valence-corrected chi connectivity index (χ2v) is 8.30. The van der Waals surface area contributed by atoms with E-state index in [1.165, 1.54) is 27.6 Å². The molecule has 0 saturated heterocycles. The molecule has 1 aromatic heterocycles. The van der Waals surface area contributed by atoms with Crippen molar-refractivity contribution < 1.29 is 0 Å². The standard InChI is InChI=1S/C31H22N2/c1-21-32-30(23-13-6-3-7-14-23)29-20-28(26-17-8-9-18-27(26)31(29)33-21)25-16-10-15-24(19-25)22-11-4-2-5-12-22/h2-20H,1H3. The van der Waals surface area contributed by atoms with Gasteiger partial charge in [0.1, 0.15) is 5.82 Å². The summed E-state index contributed by atoms with van der Waals surface area (Å²) in [5.74, 6) is 0.783. The Hall–Kier alpha value is -4.30. The van der Waals surface area contributed by atoms with Crippen molar-refractivity contribution in [3.63, 3.8) is 0 Å². The average molecular weight is 423 g/mol. The highest BCUT2D eigenvalue weighted by atomic mass is 14.9. The Bertz CT molecular complexity index is 1600. The summed E-state index contributed by atoms with van der Waals surface area (Å²) in [5.41, 5.74) is 7.89. The lowest BCUT2D eigenvalue weighted by Crippen LogP contribution is -1.96. The lowest BCUT2D eigenvalue weighted by atomic mass is 9.92. The minimum atomic E-state index is 0.783. The third-order valence-electron chi connectivity index (χ3n) is 6.15. The molecule has 0 unspecified atom stereocenters. The lowest BCUT2D eigenvalue weighted by molar-refractivity contribution is 1.10. The molecule has 0 aliphatic heterocycles. The van der Waals surface area contributed by atoms with E-state index in [1.54, 1.807) is 0 Å². The van der Waals surface area contributed by atoms with Gasteiger partial charge < -0.3 is 0 Å². The summed E-state index contributed by atoms with van der Waals surface area (Å²) in [5, 5.41) is 3.43. The quantitative estimate of drug-likeness (QED) is 0.269. The largest absolute Gasteiger partial charge is 0.233 e. The highest BCUT2D eigenvalue weighted by Gasteiger charge is 2.15. The van der Waals surface area contributed by atoms with Crippen LogP contribution in [-0.2, 0) is 0 Å². The molecule has 0 N–H and O–H groups in total. The number of rotatable bonds is 3. The number of aromatic nitrogens is 2. The Morgan fingerprint density at radius 1 is 0.455 bits per heavy atom. The molecule has 2 nitrogen and oxygen atoms in total. The monoisotopic (exact) mass is 422 g/mol. The SMILES string of the molecule is Cc1nc(-c2ccccc2)c2cc(-c3cccc(-c4ccccc4)c3)c3ccccc3c2n1. The van der Waals surface area contributed by atoms with Gasteiger partial charge in [-0.05, 0) is 46.7 Å². The summed E-state index contributed by atoms with van der Waals surface area (Å²) in [6, 6.07) is 40.5. The van der Waals surface area contributed by atoms with Gasteiger partial charge in [0.2, 0.25) is 0 Å². The van der Waals surface area contributed by atoms with Crippen LogP contribution in [0.25, 0.3) is 55.2 Å². The molecule has 1 heterocycles. The van der Waals surface area contributed by atoms with Crippen molar-refractivity contribution >= 4 is 21.7 Å². The van der Waals surface area contributed by atoms with E-state index in [9.17, 15) is 0 Å². The number of aryl methyl sites for hydroxylation is 1. The molecule has 156 valence electrons. The van der Waals surface area contributed by atoms with Crippen molar-refractivity contribution in [1.82, 2.24) is 9.97 Å². The van der Waals surface area contributed by atoms with Gasteiger partial charge in [-0.2, -0.15) is 0 Å². The molecular formula is C31H22N2. The van der Waals surface area contributed by atoms with E-state index in [-0.39, 0.29) is 0 Å². The van der Waals surface area contributed by atoms with Gasteiger partial charge in [0, 0.05) is 16.3 Å². The number of hydrogen-bond acceptors (Lipinski definition) is 2. The Morgan fingerprint density at radius 3 is 1.82 bits per heavy atom. The maximum atomic E-state index is 4.88. The molecule has 5 aromatic carbocycles. The number of nitrogens with zero attached hydrogens (tertiary/aromatic N) is 2. The summed E-state index contributed by atoms with van der Waals surface area (Å²) >= 11 is 0. The summed E-state index contributed by atoms with van der Waals surface area (Å²) in [6.45, 7) is 1.97. The molecule has 0 aliphatic rings. The van der Waals surface area contributed by atoms with Crippen LogP contribution in [0.15, 0.2) is 115 Å². The summed E-state index contributed by atoms with van der Waals surface area (Å²) in [6.07, 6.45) is 0. The predicted octanol–water partition coefficient (Wildman–Crippen LogP) is 8.09. The molecule has 2 heteroatoms. The van der Waals surface area contributed by atoms with Gasteiger partial charge in [0.25, 0.3) is 0 Å². The van der Waals surface area contributed by atoms with E-state index in [4.69, 9.17) is 9.97 Å². The first-order valence-corrected chi connectivity index (χ1v) is 11.2. The van der Waals surface area contributed by atoms with Crippen LogP contribution in [-0.4, -0.2) is 9.97 Å². The predicted molar refractivity (Wildman–Crippen MR) is 138 cm³/mol. The van der Waals surface area contributed by atoms with Crippen LogP contribution in [0.5, 0.6) is 0 Å². The molecule has 0 bridgehead atoms. The second-order valence-electron chi connectivity index (χ2n) is 8.30. The fraction of sp³-hybridized carbons (Fsp3) is 0.0323. The first kappa shape index (κ1) is 19.4. The van der Waals surface area contributed by atoms with E-state index in [2.05, 4.69) is 109 Å². The minimum absolute atomic E-state index is 0.783. The second kappa shape index (κ2) is 7.99. The van der Waals surface area contributed by atoms with Crippen molar-refractivity contribution in [2.24, 2.45) is 0 Å². The fourth-order valence-corrected chi connectivity index (χ4v) is 4.62. The van der Waals surface area contributed by atoms with Crippen LogP contribution in [0.3, 0.4) is 0 Å². The number of benzene rings is 5. The maximum Gasteiger partial charge on any atom is 0.126 e. The Labute approximate surface area is 193 Å². The Balaban J connectivity index is 1.67. The smallest absolute Gasteiger partial charge is 0.126 e. The zero-order valence-corrected chi connectivity index (χ0v) is 18.4. The zero-order chi connectivity index (χ0) is 22.2. The highest BCUT2D eigenvalue weighted by Crippen LogP contribution is 2.38. The summed E-state index contributed by atoms with van der Waals surface area (Å²) in [4.78, 5) is 9.75. The number of hydrogen-bond donors (Lipinski definition) is 0. The Kier molecular flexibility index (Phi) is 4.70. The minimum Gasteiger partial charge on any atom is -0.233 e. The van der Waals surface area contributed by atoms with Gasteiger partial charge in [-0.3, -0.25) is 0 Å². The van der Waals surface area contributed by atoms with Gasteiger partial charge in [-0.1, -0.05) is 103 Å². The fourth-order valence-electron chi connectivity index (χ4n) is 4.62. The molecule has 0 radical (unpaired) electrons. The van der Waals surface area contributed by atoms with Crippen LogP contribution in [0.2, 0.25) is 0 Å². The van der Waals surface area contributed by atoms with Gasteiger partial charge in [-0.15, -0.1) is 0 Å². The highest BCUT2D eigenvalue weighted by molar-refractivity contribution is 6.15. The molecular weight excluding hydrogens is 400 g/mol. The summed E-state index contributed by atoms with van der Waals surface area (Å²) in [7, 11) is 0. The first-order valence-electron chi connectivity index (χ1n) is 11.2. The van der Waals surface area contributed by atoms with Gasteiger partial charge >= 0.3 is 0 Å². The zero-order valence-electron chi connectivity index (χ0n) is 18.4. The van der Waals surface area contributed by atoms with E-state index < -0.39 is 0 Å². The maximum absolute atomic E-state index is 4.88. The van der Waals surface area contributed by atoms with Crippen LogP contribution >= 0.6 is 0 Å². The third kappa shape index (κ3) is 3.46. The van der Waals surface area contributed by atoms with Crippen LogP contribution in [0.4, 0.5) is 0 Å². The number of fused-ring (bicyclic) bond motifs is 3. The van der Waals surface area contributed by atoms with Crippen LogP contribution in [0, 0.1) is 6.92 Å².